The molecule has 206 valence electrons. The van der Waals surface area contributed by atoms with Crippen LogP contribution in [0.15, 0.2) is 144 Å². The molecule has 0 fully saturated rings. The fourth-order valence-electron chi connectivity index (χ4n) is 6.85. The van der Waals surface area contributed by atoms with E-state index in [4.69, 9.17) is 4.42 Å². The molecule has 0 saturated heterocycles. The van der Waals surface area contributed by atoms with Gasteiger partial charge in [0.25, 0.3) is 0 Å². The summed E-state index contributed by atoms with van der Waals surface area (Å²) in [7, 11) is 0. The average Bonchev–Trinajstić information content (AvgIpc) is 3.76. The lowest BCUT2D eigenvalue weighted by Gasteiger charge is -2.26. The third-order valence-corrected chi connectivity index (χ3v) is 11.1. The van der Waals surface area contributed by atoms with E-state index in [2.05, 4.69) is 144 Å². The van der Waals surface area contributed by atoms with Gasteiger partial charge in [0.15, 0.2) is 0 Å². The summed E-state index contributed by atoms with van der Waals surface area (Å²) in [4.78, 5) is 2.42. The Labute approximate surface area is 260 Å². The standard InChI is InChI=1S/C40H23NOS2/c1-2-9-27-24(8-1)16-19-30-39-33(12-7-13-34(39)42-40(27)30)41(25-17-20-37-31(22-25)28-10-3-5-14-35(28)43-37)26-18-21-38-32(23-26)29-11-4-6-15-36(29)44-38/h1-23H. The summed E-state index contributed by atoms with van der Waals surface area (Å²) in [6, 6.07) is 50.6. The van der Waals surface area contributed by atoms with Crippen LogP contribution >= 0.6 is 22.7 Å². The Morgan fingerprint density at radius 3 is 1.70 bits per heavy atom. The van der Waals surface area contributed by atoms with Gasteiger partial charge in [0.1, 0.15) is 11.2 Å². The van der Waals surface area contributed by atoms with E-state index in [0.717, 1.165) is 44.4 Å². The molecule has 0 spiro atoms. The van der Waals surface area contributed by atoms with Crippen molar-refractivity contribution in [1.29, 1.82) is 0 Å². The molecule has 3 heterocycles. The Morgan fingerprint density at radius 2 is 1.02 bits per heavy atom. The van der Waals surface area contributed by atoms with Gasteiger partial charge in [-0.1, -0.05) is 72.8 Å². The molecule has 4 heteroatoms. The number of fused-ring (bicyclic) bond motifs is 11. The summed E-state index contributed by atoms with van der Waals surface area (Å²) < 4.78 is 11.9. The van der Waals surface area contributed by atoms with Crippen LogP contribution in [-0.2, 0) is 0 Å². The van der Waals surface area contributed by atoms with Crippen LogP contribution < -0.4 is 4.90 Å². The molecule has 0 saturated carbocycles. The Hall–Kier alpha value is -5.16. The monoisotopic (exact) mass is 597 g/mol. The zero-order valence-electron chi connectivity index (χ0n) is 23.5. The second-order valence-electron chi connectivity index (χ2n) is 11.3. The quantitative estimate of drug-likeness (QED) is 0.201. The first-order valence-corrected chi connectivity index (χ1v) is 16.4. The van der Waals surface area contributed by atoms with Crippen LogP contribution in [0.1, 0.15) is 0 Å². The highest BCUT2D eigenvalue weighted by Gasteiger charge is 2.22. The van der Waals surface area contributed by atoms with Gasteiger partial charge in [-0.3, -0.25) is 0 Å². The smallest absolute Gasteiger partial charge is 0.143 e. The largest absolute Gasteiger partial charge is 0.455 e. The highest BCUT2D eigenvalue weighted by atomic mass is 32.1. The first-order chi connectivity index (χ1) is 21.8. The molecule has 10 aromatic rings. The lowest BCUT2D eigenvalue weighted by Crippen LogP contribution is -2.10. The van der Waals surface area contributed by atoms with Crippen LogP contribution in [0, 0.1) is 0 Å². The number of hydrogen-bond acceptors (Lipinski definition) is 4. The van der Waals surface area contributed by atoms with E-state index >= 15 is 0 Å². The molecule has 7 aromatic carbocycles. The topological polar surface area (TPSA) is 16.4 Å². The fourth-order valence-corrected chi connectivity index (χ4v) is 9.03. The zero-order valence-corrected chi connectivity index (χ0v) is 25.1. The number of rotatable bonds is 3. The molecule has 44 heavy (non-hydrogen) atoms. The Bertz CT molecular complexity index is 2630. The molecule has 0 bridgehead atoms. The van der Waals surface area contributed by atoms with Gasteiger partial charge in [0.2, 0.25) is 0 Å². The highest BCUT2D eigenvalue weighted by Crippen LogP contribution is 2.47. The lowest BCUT2D eigenvalue weighted by molar-refractivity contribution is 0.672. The maximum atomic E-state index is 6.64. The molecule has 0 aliphatic heterocycles. The highest BCUT2D eigenvalue weighted by molar-refractivity contribution is 7.26. The van der Waals surface area contributed by atoms with Crippen molar-refractivity contribution < 1.29 is 4.42 Å². The summed E-state index contributed by atoms with van der Waals surface area (Å²) in [5.74, 6) is 0. The van der Waals surface area contributed by atoms with Crippen molar-refractivity contribution >= 4 is 113 Å². The van der Waals surface area contributed by atoms with Gasteiger partial charge in [0, 0.05) is 62.5 Å². The third-order valence-electron chi connectivity index (χ3n) is 8.84. The minimum atomic E-state index is 0.892. The first kappa shape index (κ1) is 24.3. The van der Waals surface area contributed by atoms with Crippen molar-refractivity contribution in [3.05, 3.63) is 140 Å². The van der Waals surface area contributed by atoms with Gasteiger partial charge < -0.3 is 9.32 Å². The molecule has 0 atom stereocenters. The van der Waals surface area contributed by atoms with E-state index in [1.807, 2.05) is 22.7 Å². The number of hydrogen-bond donors (Lipinski definition) is 0. The van der Waals surface area contributed by atoms with Crippen molar-refractivity contribution in [2.45, 2.75) is 0 Å². The number of furan rings is 1. The molecule has 0 aliphatic rings. The maximum absolute atomic E-state index is 6.64. The van der Waals surface area contributed by atoms with Crippen molar-refractivity contribution in [3.8, 4) is 0 Å². The van der Waals surface area contributed by atoms with Crippen molar-refractivity contribution in [1.82, 2.24) is 0 Å². The summed E-state index contributed by atoms with van der Waals surface area (Å²) in [6.45, 7) is 0. The van der Waals surface area contributed by atoms with E-state index in [1.54, 1.807) is 0 Å². The molecule has 0 aliphatic carbocycles. The zero-order chi connectivity index (χ0) is 28.8. The van der Waals surface area contributed by atoms with Gasteiger partial charge in [-0.25, -0.2) is 0 Å². The third kappa shape index (κ3) is 3.47. The minimum Gasteiger partial charge on any atom is -0.455 e. The van der Waals surface area contributed by atoms with Crippen LogP contribution in [0.3, 0.4) is 0 Å². The van der Waals surface area contributed by atoms with Gasteiger partial charge >= 0.3 is 0 Å². The van der Waals surface area contributed by atoms with Crippen molar-refractivity contribution in [2.24, 2.45) is 0 Å². The van der Waals surface area contributed by atoms with E-state index in [0.29, 0.717) is 0 Å². The predicted molar refractivity (Wildman–Crippen MR) is 192 cm³/mol. The summed E-state index contributed by atoms with van der Waals surface area (Å²) >= 11 is 3.71. The Morgan fingerprint density at radius 1 is 0.432 bits per heavy atom. The van der Waals surface area contributed by atoms with E-state index in [1.165, 1.54) is 45.7 Å². The molecule has 0 N–H and O–H groups in total. The molecule has 0 radical (unpaired) electrons. The van der Waals surface area contributed by atoms with Crippen LogP contribution in [-0.4, -0.2) is 0 Å². The van der Waals surface area contributed by atoms with Gasteiger partial charge in [0.05, 0.1) is 11.1 Å². The maximum Gasteiger partial charge on any atom is 0.143 e. The number of benzene rings is 7. The SMILES string of the molecule is c1ccc2c(c1)ccc1c2oc2cccc(N(c3ccc4sc5ccccc5c4c3)c3ccc4sc5ccccc5c4c3)c21. The molecule has 10 rings (SSSR count). The summed E-state index contributed by atoms with van der Waals surface area (Å²) in [5.41, 5.74) is 5.19. The molecular weight excluding hydrogens is 575 g/mol. The molecule has 0 unspecified atom stereocenters. The molecule has 2 nitrogen and oxygen atoms in total. The second-order valence-corrected chi connectivity index (χ2v) is 13.5. The fraction of sp³-hybridized carbons (Fsp3) is 0. The number of thiophene rings is 2. The van der Waals surface area contributed by atoms with Crippen molar-refractivity contribution in [2.75, 3.05) is 4.90 Å². The van der Waals surface area contributed by atoms with Crippen LogP contribution in [0.4, 0.5) is 17.1 Å². The van der Waals surface area contributed by atoms with E-state index in [9.17, 15) is 0 Å². The van der Waals surface area contributed by atoms with Gasteiger partial charge in [-0.2, -0.15) is 0 Å². The first-order valence-electron chi connectivity index (χ1n) is 14.8. The number of nitrogens with zero attached hydrogens (tertiary/aromatic N) is 1. The predicted octanol–water partition coefficient (Wildman–Crippen LogP) is 12.9. The summed E-state index contributed by atoms with van der Waals surface area (Å²) in [5, 5.41) is 9.73. The van der Waals surface area contributed by atoms with Crippen LogP contribution in [0.25, 0.3) is 73.1 Å². The van der Waals surface area contributed by atoms with Gasteiger partial charge in [-0.05, 0) is 72.1 Å². The lowest BCUT2D eigenvalue weighted by atomic mass is 10.0. The van der Waals surface area contributed by atoms with E-state index < -0.39 is 0 Å². The average molecular weight is 598 g/mol. The molecule has 3 aromatic heterocycles. The molecular formula is C40H23NOS2. The molecule has 0 amide bonds. The second kappa shape index (κ2) is 9.17. The van der Waals surface area contributed by atoms with Crippen LogP contribution in [0.2, 0.25) is 0 Å². The van der Waals surface area contributed by atoms with E-state index in [-0.39, 0.29) is 0 Å². The summed E-state index contributed by atoms with van der Waals surface area (Å²) in [6.07, 6.45) is 0. The normalized spacial score (nSPS) is 12.1. The van der Waals surface area contributed by atoms with Crippen molar-refractivity contribution in [3.63, 3.8) is 0 Å². The minimum absolute atomic E-state index is 0.892. The van der Waals surface area contributed by atoms with Crippen LogP contribution in [0.5, 0.6) is 0 Å². The Kier molecular flexibility index (Phi) is 5.06. The van der Waals surface area contributed by atoms with Gasteiger partial charge in [-0.15, -0.1) is 22.7 Å². The Balaban J connectivity index is 1.30. The number of anilines is 3.